The normalized spacial score (nSPS) is 13.8. The number of rotatable bonds is 3. The highest BCUT2D eigenvalue weighted by Gasteiger charge is 2.24. The van der Waals surface area contributed by atoms with Crippen molar-refractivity contribution in [3.05, 3.63) is 59.3 Å². The molecule has 122 valence electrons. The molecule has 0 saturated carbocycles. The lowest BCUT2D eigenvalue weighted by Gasteiger charge is -2.11. The molecule has 6 heteroatoms. The Kier molecular flexibility index (Phi) is 4.36. The second kappa shape index (κ2) is 6.62. The van der Waals surface area contributed by atoms with Gasteiger partial charge in [0.25, 0.3) is 0 Å². The van der Waals surface area contributed by atoms with Gasteiger partial charge in [-0.2, -0.15) is 10.5 Å². The van der Waals surface area contributed by atoms with E-state index in [2.05, 4.69) is 4.98 Å². The van der Waals surface area contributed by atoms with Crippen molar-refractivity contribution in [3.8, 4) is 12.1 Å². The van der Waals surface area contributed by atoms with E-state index < -0.39 is 17.5 Å². The van der Waals surface area contributed by atoms with Crippen molar-refractivity contribution < 1.29 is 13.6 Å². The summed E-state index contributed by atoms with van der Waals surface area (Å²) < 4.78 is 28.8. The zero-order valence-corrected chi connectivity index (χ0v) is 13.0. The van der Waals surface area contributed by atoms with Crippen molar-refractivity contribution in [2.75, 3.05) is 0 Å². The van der Waals surface area contributed by atoms with E-state index in [1.54, 1.807) is 18.2 Å². The molecule has 0 saturated heterocycles. The van der Waals surface area contributed by atoms with Crippen LogP contribution in [0.3, 0.4) is 0 Å². The van der Waals surface area contributed by atoms with Gasteiger partial charge in [0, 0.05) is 17.4 Å². The third kappa shape index (κ3) is 2.90. The molecule has 0 unspecified atom stereocenters. The predicted octanol–water partition coefficient (Wildman–Crippen LogP) is 4.25. The largest absolute Gasteiger partial charge is 0.291 e. The third-order valence-electron chi connectivity index (χ3n) is 3.97. The molecular weight excluding hydrogens is 324 g/mol. The summed E-state index contributed by atoms with van der Waals surface area (Å²) in [6, 6.07) is 8.94. The van der Waals surface area contributed by atoms with Crippen LogP contribution in [0.1, 0.15) is 28.9 Å². The number of nitriles is 2. The summed E-state index contributed by atoms with van der Waals surface area (Å²) in [5, 5.41) is 18.1. The number of aromatic nitrogens is 1. The number of hydrogen-bond acceptors (Lipinski definition) is 4. The van der Waals surface area contributed by atoms with Crippen LogP contribution in [-0.4, -0.2) is 10.8 Å². The van der Waals surface area contributed by atoms with E-state index in [1.807, 2.05) is 6.08 Å². The molecule has 0 bridgehead atoms. The highest BCUT2D eigenvalue weighted by Crippen LogP contribution is 2.29. The Morgan fingerprint density at radius 3 is 2.56 bits per heavy atom. The minimum atomic E-state index is -1.59. The molecule has 0 radical (unpaired) electrons. The van der Waals surface area contributed by atoms with Crippen LogP contribution in [0.2, 0.25) is 0 Å². The average molecular weight is 335 g/mol. The zero-order valence-electron chi connectivity index (χ0n) is 13.0. The molecule has 0 fully saturated rings. The first kappa shape index (κ1) is 16.5. The molecule has 1 heterocycles. The number of nitrogens with zero attached hydrogens (tertiary/aromatic N) is 3. The van der Waals surface area contributed by atoms with Gasteiger partial charge in [-0.1, -0.05) is 24.3 Å². The van der Waals surface area contributed by atoms with Crippen molar-refractivity contribution in [3.63, 3.8) is 0 Å². The van der Waals surface area contributed by atoms with E-state index in [4.69, 9.17) is 10.5 Å². The number of fused-ring (bicyclic) bond motifs is 1. The van der Waals surface area contributed by atoms with E-state index in [1.165, 1.54) is 24.3 Å². The van der Waals surface area contributed by atoms with E-state index in [0.29, 0.717) is 11.8 Å². The summed E-state index contributed by atoms with van der Waals surface area (Å²) in [6.07, 6.45) is 4.27. The Morgan fingerprint density at radius 1 is 1.16 bits per heavy atom. The standard InChI is InChI=1S/C19H11F2N3O/c20-15-4-2-1-3-13(15)16-8-6-11-5-7-14(17(21)18(11)24-16)19(25)12(9-22)10-23/h1,3,5-8,12H,2,4H2. The molecule has 0 aliphatic heterocycles. The number of allylic oxidation sites excluding steroid dienone is 4. The molecule has 1 aliphatic carbocycles. The van der Waals surface area contributed by atoms with Gasteiger partial charge in [-0.15, -0.1) is 0 Å². The van der Waals surface area contributed by atoms with Crippen LogP contribution in [-0.2, 0) is 0 Å². The van der Waals surface area contributed by atoms with Crippen molar-refractivity contribution >= 4 is 22.3 Å². The number of ketones is 1. The average Bonchev–Trinajstić information content (AvgIpc) is 2.63. The van der Waals surface area contributed by atoms with E-state index in [0.717, 1.165) is 0 Å². The highest BCUT2D eigenvalue weighted by molar-refractivity contribution is 6.03. The van der Waals surface area contributed by atoms with Crippen molar-refractivity contribution in [1.29, 1.82) is 10.5 Å². The molecular formula is C19H11F2N3O. The minimum absolute atomic E-state index is 0.0998. The molecule has 1 aromatic carbocycles. The summed E-state index contributed by atoms with van der Waals surface area (Å²) >= 11 is 0. The zero-order chi connectivity index (χ0) is 18.0. The molecule has 1 aliphatic rings. The second-order valence-corrected chi connectivity index (χ2v) is 5.51. The first-order valence-corrected chi connectivity index (χ1v) is 7.55. The molecule has 3 rings (SSSR count). The lowest BCUT2D eigenvalue weighted by molar-refractivity contribution is 0.0967. The maximum Gasteiger partial charge on any atom is 0.197 e. The fraction of sp³-hybridized carbons (Fsp3) is 0.158. The van der Waals surface area contributed by atoms with E-state index >= 15 is 0 Å². The predicted molar refractivity (Wildman–Crippen MR) is 87.1 cm³/mol. The quantitative estimate of drug-likeness (QED) is 0.786. The fourth-order valence-corrected chi connectivity index (χ4v) is 2.66. The van der Waals surface area contributed by atoms with Gasteiger partial charge in [-0.3, -0.25) is 4.79 Å². The molecule has 0 N–H and O–H groups in total. The van der Waals surface area contributed by atoms with E-state index in [-0.39, 0.29) is 34.6 Å². The fourth-order valence-electron chi connectivity index (χ4n) is 2.66. The summed E-state index contributed by atoms with van der Waals surface area (Å²) in [6.45, 7) is 0. The Bertz CT molecular complexity index is 1010. The van der Waals surface area contributed by atoms with Crippen LogP contribution >= 0.6 is 0 Å². The smallest absolute Gasteiger partial charge is 0.197 e. The van der Waals surface area contributed by atoms with Crippen LogP contribution in [0.5, 0.6) is 0 Å². The summed E-state index contributed by atoms with van der Waals surface area (Å²) in [5.74, 6) is -3.74. The highest BCUT2D eigenvalue weighted by atomic mass is 19.1. The van der Waals surface area contributed by atoms with Gasteiger partial charge in [0.1, 0.15) is 11.3 Å². The number of pyridine rings is 1. The third-order valence-corrected chi connectivity index (χ3v) is 3.97. The first-order valence-electron chi connectivity index (χ1n) is 7.55. The monoisotopic (exact) mass is 335 g/mol. The lowest BCUT2D eigenvalue weighted by atomic mass is 9.97. The number of carbonyl (C=O) groups is 1. The Morgan fingerprint density at radius 2 is 1.88 bits per heavy atom. The number of halogens is 2. The Labute approximate surface area is 142 Å². The summed E-state index contributed by atoms with van der Waals surface area (Å²) in [7, 11) is 0. The van der Waals surface area contributed by atoms with Crippen molar-refractivity contribution in [2.45, 2.75) is 12.8 Å². The van der Waals surface area contributed by atoms with Gasteiger partial charge in [0.2, 0.25) is 0 Å². The van der Waals surface area contributed by atoms with Crippen molar-refractivity contribution in [2.24, 2.45) is 5.92 Å². The second-order valence-electron chi connectivity index (χ2n) is 5.51. The molecule has 2 aromatic rings. The van der Waals surface area contributed by atoms with Crippen LogP contribution in [0.25, 0.3) is 16.5 Å². The minimum Gasteiger partial charge on any atom is -0.291 e. The number of carbonyl (C=O) groups excluding carboxylic acids is 1. The van der Waals surface area contributed by atoms with Crippen LogP contribution in [0.15, 0.2) is 42.2 Å². The van der Waals surface area contributed by atoms with Gasteiger partial charge >= 0.3 is 0 Å². The number of hydrogen-bond donors (Lipinski definition) is 0. The molecule has 4 nitrogen and oxygen atoms in total. The van der Waals surface area contributed by atoms with Gasteiger partial charge in [0.05, 0.1) is 23.4 Å². The summed E-state index contributed by atoms with van der Waals surface area (Å²) in [5.41, 5.74) is 0.0777. The van der Waals surface area contributed by atoms with Gasteiger partial charge in [-0.25, -0.2) is 13.8 Å². The number of Topliss-reactive ketones (excluding diaryl/α,β-unsaturated/α-hetero) is 1. The lowest BCUT2D eigenvalue weighted by Crippen LogP contribution is -2.13. The van der Waals surface area contributed by atoms with Gasteiger partial charge in [-0.05, 0) is 18.6 Å². The topological polar surface area (TPSA) is 77.5 Å². The maximum absolute atomic E-state index is 14.8. The summed E-state index contributed by atoms with van der Waals surface area (Å²) in [4.78, 5) is 16.3. The van der Waals surface area contributed by atoms with Crippen LogP contribution < -0.4 is 0 Å². The van der Waals surface area contributed by atoms with Crippen molar-refractivity contribution in [1.82, 2.24) is 4.98 Å². The molecule has 25 heavy (non-hydrogen) atoms. The Hall–Kier alpha value is -3.38. The first-order chi connectivity index (χ1) is 12.1. The van der Waals surface area contributed by atoms with Crippen LogP contribution in [0, 0.1) is 34.4 Å². The molecule has 0 spiro atoms. The van der Waals surface area contributed by atoms with Gasteiger partial charge in [0.15, 0.2) is 17.5 Å². The number of benzene rings is 1. The molecule has 0 amide bonds. The van der Waals surface area contributed by atoms with Gasteiger partial charge < -0.3 is 0 Å². The SMILES string of the molecule is N#CC(C#N)C(=O)c1ccc2ccc(C3=C(F)CCC=C3)nc2c1F. The van der Waals surface area contributed by atoms with Crippen LogP contribution in [0.4, 0.5) is 8.78 Å². The van der Waals surface area contributed by atoms with E-state index in [9.17, 15) is 13.6 Å². The maximum atomic E-state index is 14.8. The Balaban J connectivity index is 2.15. The molecule has 1 aromatic heterocycles. The molecule has 0 atom stereocenters.